The summed E-state index contributed by atoms with van der Waals surface area (Å²) in [5.74, 6) is -0.361. The van der Waals surface area contributed by atoms with Gasteiger partial charge in [-0.3, -0.25) is 4.79 Å². The van der Waals surface area contributed by atoms with Crippen LogP contribution in [0.15, 0.2) is 18.3 Å². The molecule has 4 heteroatoms. The third kappa shape index (κ3) is 2.26. The van der Waals surface area contributed by atoms with Crippen LogP contribution in [0.3, 0.4) is 0 Å². The molecular formula is C14H15ClN2O. The van der Waals surface area contributed by atoms with Gasteiger partial charge in [0.15, 0.2) is 5.78 Å². The van der Waals surface area contributed by atoms with E-state index in [4.69, 9.17) is 16.9 Å². The molecular weight excluding hydrogens is 248 g/mol. The Kier molecular flexibility index (Phi) is 3.41. The number of pyridine rings is 1. The third-order valence-electron chi connectivity index (χ3n) is 3.64. The minimum absolute atomic E-state index is 0.0428. The van der Waals surface area contributed by atoms with Crippen LogP contribution in [0.25, 0.3) is 0 Å². The first kappa shape index (κ1) is 13.0. The molecule has 0 amide bonds. The molecule has 0 N–H and O–H groups in total. The topological polar surface area (TPSA) is 53.8 Å². The van der Waals surface area contributed by atoms with Crippen molar-refractivity contribution in [3.05, 3.63) is 29.0 Å². The zero-order chi connectivity index (χ0) is 13.3. The van der Waals surface area contributed by atoms with Crippen molar-refractivity contribution in [1.82, 2.24) is 4.98 Å². The van der Waals surface area contributed by atoms with Crippen LogP contribution < -0.4 is 0 Å². The molecule has 2 rings (SSSR count). The Hall–Kier alpha value is -1.40. The summed E-state index contributed by atoms with van der Waals surface area (Å²) in [4.78, 5) is 16.1. The first-order valence-corrected chi connectivity index (χ1v) is 6.38. The fraction of sp³-hybridized carbons (Fsp3) is 0.500. The third-order valence-corrected chi connectivity index (χ3v) is 3.96. The van der Waals surface area contributed by atoms with Crippen LogP contribution in [0.1, 0.15) is 38.2 Å². The maximum Gasteiger partial charge on any atom is 0.155 e. The van der Waals surface area contributed by atoms with Gasteiger partial charge in [-0.25, -0.2) is 4.98 Å². The fourth-order valence-electron chi connectivity index (χ4n) is 2.71. The van der Waals surface area contributed by atoms with Crippen molar-refractivity contribution >= 4 is 17.4 Å². The Morgan fingerprint density at radius 1 is 1.56 bits per heavy atom. The Morgan fingerprint density at radius 3 is 2.89 bits per heavy atom. The standard InChI is InChI=1S/C14H15ClN2O/c1-14(2)7-9(6-10(8-16)12(14)18)11-4-3-5-17-13(11)15/h3-5,9-10H,6-7H2,1-2H3. The molecule has 1 fully saturated rings. The number of hydrogen-bond donors (Lipinski definition) is 0. The fourth-order valence-corrected chi connectivity index (χ4v) is 2.99. The van der Waals surface area contributed by atoms with E-state index in [1.165, 1.54) is 0 Å². The van der Waals surface area contributed by atoms with E-state index in [-0.39, 0.29) is 11.7 Å². The number of Topliss-reactive ketones (excluding diaryl/α,β-unsaturated/α-hetero) is 1. The zero-order valence-electron chi connectivity index (χ0n) is 10.5. The number of carbonyl (C=O) groups is 1. The Balaban J connectivity index is 2.35. The highest BCUT2D eigenvalue weighted by atomic mass is 35.5. The van der Waals surface area contributed by atoms with Crippen LogP contribution in [-0.4, -0.2) is 10.8 Å². The summed E-state index contributed by atoms with van der Waals surface area (Å²) in [5.41, 5.74) is 0.475. The van der Waals surface area contributed by atoms with E-state index in [1.807, 2.05) is 26.0 Å². The van der Waals surface area contributed by atoms with Gasteiger partial charge in [0.05, 0.1) is 6.07 Å². The van der Waals surface area contributed by atoms with E-state index in [2.05, 4.69) is 11.1 Å². The second-order valence-corrected chi connectivity index (χ2v) is 5.81. The predicted octanol–water partition coefficient (Wildman–Crippen LogP) is 3.35. The number of hydrogen-bond acceptors (Lipinski definition) is 3. The molecule has 0 aromatic carbocycles. The van der Waals surface area contributed by atoms with E-state index in [9.17, 15) is 4.79 Å². The lowest BCUT2D eigenvalue weighted by Gasteiger charge is -2.36. The van der Waals surface area contributed by atoms with Gasteiger partial charge < -0.3 is 0 Å². The molecule has 2 unspecified atom stereocenters. The van der Waals surface area contributed by atoms with Crippen molar-refractivity contribution in [3.63, 3.8) is 0 Å². The lowest BCUT2D eigenvalue weighted by atomic mass is 9.65. The minimum Gasteiger partial charge on any atom is -0.298 e. The van der Waals surface area contributed by atoms with Crippen molar-refractivity contribution in [2.24, 2.45) is 11.3 Å². The van der Waals surface area contributed by atoms with Gasteiger partial charge in [-0.15, -0.1) is 0 Å². The highest BCUT2D eigenvalue weighted by Crippen LogP contribution is 2.44. The van der Waals surface area contributed by atoms with E-state index >= 15 is 0 Å². The number of nitriles is 1. The van der Waals surface area contributed by atoms with Gasteiger partial charge >= 0.3 is 0 Å². The normalized spacial score (nSPS) is 26.7. The lowest BCUT2D eigenvalue weighted by molar-refractivity contribution is -0.132. The monoisotopic (exact) mass is 262 g/mol. The molecule has 1 aliphatic rings. The minimum atomic E-state index is -0.532. The van der Waals surface area contributed by atoms with Gasteiger partial charge in [0, 0.05) is 11.6 Å². The molecule has 0 saturated heterocycles. The van der Waals surface area contributed by atoms with Crippen molar-refractivity contribution in [2.45, 2.75) is 32.6 Å². The van der Waals surface area contributed by atoms with E-state index in [1.54, 1.807) is 6.20 Å². The number of nitrogens with zero attached hydrogens (tertiary/aromatic N) is 2. The first-order chi connectivity index (χ1) is 8.45. The molecule has 0 aliphatic heterocycles. The second-order valence-electron chi connectivity index (χ2n) is 5.45. The number of rotatable bonds is 1. The van der Waals surface area contributed by atoms with Crippen molar-refractivity contribution < 1.29 is 4.79 Å². The van der Waals surface area contributed by atoms with Gasteiger partial charge in [0.1, 0.15) is 11.1 Å². The summed E-state index contributed by atoms with van der Waals surface area (Å²) in [5, 5.41) is 9.58. The summed E-state index contributed by atoms with van der Waals surface area (Å²) in [7, 11) is 0. The largest absolute Gasteiger partial charge is 0.298 e. The highest BCUT2D eigenvalue weighted by molar-refractivity contribution is 6.30. The van der Waals surface area contributed by atoms with Gasteiger partial charge in [-0.05, 0) is 30.4 Å². The van der Waals surface area contributed by atoms with Crippen LogP contribution in [0, 0.1) is 22.7 Å². The van der Waals surface area contributed by atoms with Gasteiger partial charge in [0.25, 0.3) is 0 Å². The summed E-state index contributed by atoms with van der Waals surface area (Å²) < 4.78 is 0. The molecule has 1 aromatic rings. The van der Waals surface area contributed by atoms with Gasteiger partial charge in [-0.2, -0.15) is 5.26 Å². The maximum atomic E-state index is 12.1. The van der Waals surface area contributed by atoms with Crippen LogP contribution >= 0.6 is 11.6 Å². The average Bonchev–Trinajstić information content (AvgIpc) is 2.33. The molecule has 1 aliphatic carbocycles. The molecule has 0 bridgehead atoms. The molecule has 94 valence electrons. The Labute approximate surface area is 112 Å². The molecule has 1 aromatic heterocycles. The Bertz CT molecular complexity index is 519. The molecule has 0 radical (unpaired) electrons. The zero-order valence-corrected chi connectivity index (χ0v) is 11.2. The predicted molar refractivity (Wildman–Crippen MR) is 69.1 cm³/mol. The highest BCUT2D eigenvalue weighted by Gasteiger charge is 2.42. The second kappa shape index (κ2) is 4.70. The first-order valence-electron chi connectivity index (χ1n) is 6.00. The summed E-state index contributed by atoms with van der Waals surface area (Å²) in [6.07, 6.45) is 2.91. The van der Waals surface area contributed by atoms with Crippen molar-refractivity contribution in [3.8, 4) is 6.07 Å². The summed E-state index contributed by atoms with van der Waals surface area (Å²) in [6.45, 7) is 3.80. The molecule has 3 nitrogen and oxygen atoms in total. The van der Waals surface area contributed by atoms with Gasteiger partial charge in [-0.1, -0.05) is 31.5 Å². The molecule has 1 saturated carbocycles. The van der Waals surface area contributed by atoms with E-state index < -0.39 is 11.3 Å². The number of carbonyl (C=O) groups excluding carboxylic acids is 1. The van der Waals surface area contributed by atoms with E-state index in [0.717, 1.165) is 12.0 Å². The number of aromatic nitrogens is 1. The average molecular weight is 263 g/mol. The van der Waals surface area contributed by atoms with Crippen LogP contribution in [0.5, 0.6) is 0 Å². The quantitative estimate of drug-likeness (QED) is 0.730. The lowest BCUT2D eigenvalue weighted by Crippen LogP contribution is -2.38. The van der Waals surface area contributed by atoms with Crippen molar-refractivity contribution in [1.29, 1.82) is 5.26 Å². The SMILES string of the molecule is CC1(C)CC(c2cccnc2Cl)CC(C#N)C1=O. The Morgan fingerprint density at radius 2 is 2.28 bits per heavy atom. The number of halogens is 1. The smallest absolute Gasteiger partial charge is 0.155 e. The van der Waals surface area contributed by atoms with Crippen molar-refractivity contribution in [2.75, 3.05) is 0 Å². The summed E-state index contributed by atoms with van der Waals surface area (Å²) in [6, 6.07) is 5.89. The molecule has 18 heavy (non-hydrogen) atoms. The number of ketones is 1. The van der Waals surface area contributed by atoms with Gasteiger partial charge in [0.2, 0.25) is 0 Å². The molecule has 1 heterocycles. The molecule has 0 spiro atoms. The van der Waals surface area contributed by atoms with Crippen LogP contribution in [-0.2, 0) is 4.79 Å². The maximum absolute atomic E-state index is 12.1. The van der Waals surface area contributed by atoms with Crippen LogP contribution in [0.2, 0.25) is 5.15 Å². The van der Waals surface area contributed by atoms with E-state index in [0.29, 0.717) is 11.6 Å². The molecule has 2 atom stereocenters. The van der Waals surface area contributed by atoms with Crippen LogP contribution in [0.4, 0.5) is 0 Å². The summed E-state index contributed by atoms with van der Waals surface area (Å²) >= 11 is 6.10.